The number of thiazole rings is 1. The molecule has 1 fully saturated rings. The minimum absolute atomic E-state index is 0.202. The number of halogens is 1. The maximum Gasteiger partial charge on any atom is 0.338 e. The number of amides is 3. The number of hydrogen-bond donors (Lipinski definition) is 1. The van der Waals surface area contributed by atoms with E-state index in [4.69, 9.17) is 9.47 Å². The van der Waals surface area contributed by atoms with Gasteiger partial charge in [0.2, 0.25) is 17.7 Å². The van der Waals surface area contributed by atoms with E-state index in [9.17, 15) is 28.4 Å². The zero-order chi connectivity index (χ0) is 31.8. The van der Waals surface area contributed by atoms with Crippen molar-refractivity contribution in [3.05, 3.63) is 104 Å². The Morgan fingerprint density at radius 2 is 1.62 bits per heavy atom. The van der Waals surface area contributed by atoms with Gasteiger partial charge in [0.1, 0.15) is 23.4 Å². The lowest BCUT2D eigenvalue weighted by atomic mass is 9.83. The molecule has 1 aromatic heterocycles. The number of aromatic nitrogens is 1. The number of ether oxygens (including phenoxy) is 2. The number of nitrogens with one attached hydrogen (secondary N) is 1. The molecular formula is C32H26FN3O7S2. The molecule has 2 unspecified atom stereocenters. The summed E-state index contributed by atoms with van der Waals surface area (Å²) in [6.45, 7) is 1.57. The van der Waals surface area contributed by atoms with E-state index in [0.717, 1.165) is 28.0 Å². The van der Waals surface area contributed by atoms with Gasteiger partial charge in [-0.3, -0.25) is 23.7 Å². The van der Waals surface area contributed by atoms with Gasteiger partial charge in [-0.05, 0) is 73.2 Å². The van der Waals surface area contributed by atoms with Gasteiger partial charge in [0, 0.05) is 16.5 Å². The van der Waals surface area contributed by atoms with E-state index in [-0.39, 0.29) is 24.4 Å². The molecule has 0 bridgehead atoms. The number of hydrogen-bond acceptors (Lipinski definition) is 9. The van der Waals surface area contributed by atoms with Gasteiger partial charge in [-0.25, -0.2) is 14.1 Å². The third-order valence-corrected chi connectivity index (χ3v) is 10.2. The highest BCUT2D eigenvalue weighted by Gasteiger charge is 2.56. The van der Waals surface area contributed by atoms with Crippen LogP contribution in [0.4, 0.5) is 15.8 Å². The summed E-state index contributed by atoms with van der Waals surface area (Å²) in [5.41, 5.74) is 1.63. The highest BCUT2D eigenvalue weighted by atomic mass is 32.2. The maximum absolute atomic E-state index is 14.0. The van der Waals surface area contributed by atoms with Crippen molar-refractivity contribution in [2.24, 2.45) is 5.92 Å². The lowest BCUT2D eigenvalue weighted by Gasteiger charge is -2.30. The molecule has 2 aliphatic heterocycles. The van der Waals surface area contributed by atoms with Crippen LogP contribution in [0.1, 0.15) is 33.6 Å². The van der Waals surface area contributed by atoms with E-state index < -0.39 is 51.5 Å². The summed E-state index contributed by atoms with van der Waals surface area (Å²) in [5, 5.41) is 2.25. The van der Waals surface area contributed by atoms with Crippen LogP contribution in [0.3, 0.4) is 0 Å². The lowest BCUT2D eigenvalue weighted by Crippen LogP contribution is -2.33. The van der Waals surface area contributed by atoms with E-state index in [0.29, 0.717) is 26.9 Å². The molecular weight excluding hydrogens is 621 g/mol. The largest absolute Gasteiger partial charge is 0.497 e. The molecule has 2 aliphatic rings. The van der Waals surface area contributed by atoms with E-state index in [1.165, 1.54) is 60.2 Å². The molecule has 3 heterocycles. The second-order valence-corrected chi connectivity index (χ2v) is 12.4. The number of nitrogens with zero attached hydrogens (tertiary/aromatic N) is 2. The van der Waals surface area contributed by atoms with Crippen LogP contribution in [-0.4, -0.2) is 47.2 Å². The van der Waals surface area contributed by atoms with Crippen LogP contribution in [0.25, 0.3) is 0 Å². The van der Waals surface area contributed by atoms with Gasteiger partial charge >= 0.3 is 10.8 Å². The van der Waals surface area contributed by atoms with Crippen LogP contribution in [0.2, 0.25) is 0 Å². The van der Waals surface area contributed by atoms with Crippen LogP contribution in [0, 0.1) is 11.7 Å². The number of rotatable bonds is 8. The molecule has 0 radical (unpaired) electrons. The molecule has 4 aromatic rings. The van der Waals surface area contributed by atoms with E-state index in [1.807, 2.05) is 0 Å². The second-order valence-electron chi connectivity index (χ2n) is 10.3. The number of anilines is 2. The number of carbonyl (C=O) groups is 4. The molecule has 0 spiro atoms. The Hall–Kier alpha value is -4.75. The van der Waals surface area contributed by atoms with Crippen molar-refractivity contribution < 1.29 is 33.0 Å². The first-order chi connectivity index (χ1) is 21.7. The SMILES string of the molecule is CCOC(=O)c1ccc(N2C(=O)C3Sc4c(sc(=O)n4CC(=O)Nc4ccc(OC)cc4)[C@@H](c4ccc(F)cc4)C3C2=O)cc1. The third kappa shape index (κ3) is 5.64. The number of imide groups is 1. The van der Waals surface area contributed by atoms with Gasteiger partial charge in [0.05, 0.1) is 35.9 Å². The van der Waals surface area contributed by atoms with Gasteiger partial charge in [-0.1, -0.05) is 35.2 Å². The first kappa shape index (κ1) is 30.3. The highest BCUT2D eigenvalue weighted by Crippen LogP contribution is 2.53. The van der Waals surface area contributed by atoms with Gasteiger partial charge in [-0.2, -0.15) is 0 Å². The first-order valence-electron chi connectivity index (χ1n) is 13.9. The summed E-state index contributed by atoms with van der Waals surface area (Å²) in [5.74, 6) is -3.45. The number of benzene rings is 3. The zero-order valence-electron chi connectivity index (χ0n) is 24.0. The molecule has 230 valence electrons. The molecule has 3 aromatic carbocycles. The Morgan fingerprint density at radius 3 is 2.27 bits per heavy atom. The fourth-order valence-electron chi connectivity index (χ4n) is 5.52. The summed E-state index contributed by atoms with van der Waals surface area (Å²) >= 11 is 1.97. The molecule has 0 aliphatic carbocycles. The van der Waals surface area contributed by atoms with Gasteiger partial charge in [0.15, 0.2) is 0 Å². The highest BCUT2D eigenvalue weighted by molar-refractivity contribution is 8.00. The topological polar surface area (TPSA) is 124 Å². The van der Waals surface area contributed by atoms with Crippen LogP contribution in [0.15, 0.2) is 82.6 Å². The Balaban J connectivity index is 1.35. The quantitative estimate of drug-likeness (QED) is 0.216. The van der Waals surface area contributed by atoms with Crippen molar-refractivity contribution in [3.8, 4) is 5.75 Å². The number of esters is 1. The summed E-state index contributed by atoms with van der Waals surface area (Å²) in [6, 6.07) is 18.3. The molecule has 45 heavy (non-hydrogen) atoms. The molecule has 13 heteroatoms. The Morgan fingerprint density at radius 1 is 0.933 bits per heavy atom. The van der Waals surface area contributed by atoms with Crippen molar-refractivity contribution in [2.75, 3.05) is 23.9 Å². The summed E-state index contributed by atoms with van der Waals surface area (Å²) in [4.78, 5) is 67.6. The molecule has 3 amide bonds. The molecule has 3 atom stereocenters. The van der Waals surface area contributed by atoms with Crippen molar-refractivity contribution >= 4 is 58.2 Å². The molecule has 10 nitrogen and oxygen atoms in total. The fraction of sp³-hybridized carbons (Fsp3) is 0.219. The molecule has 1 N–H and O–H groups in total. The van der Waals surface area contributed by atoms with Crippen LogP contribution in [-0.2, 0) is 25.7 Å². The molecule has 6 rings (SSSR count). The zero-order valence-corrected chi connectivity index (χ0v) is 25.7. The molecule has 1 saturated heterocycles. The van der Waals surface area contributed by atoms with Crippen molar-refractivity contribution in [1.82, 2.24) is 4.57 Å². The first-order valence-corrected chi connectivity index (χ1v) is 15.6. The van der Waals surface area contributed by atoms with E-state index >= 15 is 0 Å². The van der Waals surface area contributed by atoms with Gasteiger partial charge in [0.25, 0.3) is 0 Å². The average molecular weight is 648 g/mol. The normalized spacial score (nSPS) is 18.7. The lowest BCUT2D eigenvalue weighted by molar-refractivity contribution is -0.122. The number of fused-ring (bicyclic) bond motifs is 2. The van der Waals surface area contributed by atoms with Crippen molar-refractivity contribution in [3.63, 3.8) is 0 Å². The fourth-order valence-corrected chi connectivity index (χ4v) is 8.29. The smallest absolute Gasteiger partial charge is 0.338 e. The monoisotopic (exact) mass is 647 g/mol. The van der Waals surface area contributed by atoms with Crippen molar-refractivity contribution in [2.45, 2.75) is 29.7 Å². The third-order valence-electron chi connectivity index (χ3n) is 7.59. The standard InChI is InChI=1S/C32H26FN3O7S2/c1-3-43-31(40)18-6-12-21(13-7-18)36-28(38)25-24(17-4-8-19(33)9-5-17)27-30(44-26(25)29(36)39)35(32(41)45-27)16-23(37)34-20-10-14-22(42-2)15-11-20/h4-15,24-26H,3,16H2,1-2H3,(H,34,37)/t24-,25?,26?/m0/s1. The summed E-state index contributed by atoms with van der Waals surface area (Å²) < 4.78 is 25.4. The van der Waals surface area contributed by atoms with E-state index in [2.05, 4.69) is 5.32 Å². The minimum atomic E-state index is -0.922. The Kier molecular flexibility index (Phi) is 8.30. The molecule has 0 saturated carbocycles. The van der Waals surface area contributed by atoms with Crippen molar-refractivity contribution in [1.29, 1.82) is 0 Å². The maximum atomic E-state index is 14.0. The summed E-state index contributed by atoms with van der Waals surface area (Å²) in [6.07, 6.45) is 0. The Labute approximate surface area is 264 Å². The van der Waals surface area contributed by atoms with Crippen LogP contribution < -0.4 is 19.8 Å². The second kappa shape index (κ2) is 12.3. The average Bonchev–Trinajstić information content (AvgIpc) is 3.48. The minimum Gasteiger partial charge on any atom is -0.497 e. The van der Waals surface area contributed by atoms with Gasteiger partial charge < -0.3 is 14.8 Å². The van der Waals surface area contributed by atoms with E-state index in [1.54, 1.807) is 31.2 Å². The number of methoxy groups -OCH3 is 1. The Bertz CT molecular complexity index is 1850. The predicted molar refractivity (Wildman–Crippen MR) is 166 cm³/mol. The predicted octanol–water partition coefficient (Wildman–Crippen LogP) is 4.67. The van der Waals surface area contributed by atoms with Gasteiger partial charge in [-0.15, -0.1) is 0 Å². The van der Waals surface area contributed by atoms with Crippen LogP contribution >= 0.6 is 23.1 Å². The summed E-state index contributed by atoms with van der Waals surface area (Å²) in [7, 11) is 1.53. The van der Waals surface area contributed by atoms with Crippen LogP contribution in [0.5, 0.6) is 5.75 Å². The number of thioether (sulfide) groups is 1. The number of carbonyl (C=O) groups excluding carboxylic acids is 4.